The first-order valence-electron chi connectivity index (χ1n) is 14.3. The fourth-order valence-corrected chi connectivity index (χ4v) is 4.81. The number of unbranched alkanes of at least 4 members (excludes halogenated alkanes) is 1. The summed E-state index contributed by atoms with van der Waals surface area (Å²) in [5, 5.41) is 0. The quantitative estimate of drug-likeness (QED) is 0.201. The van der Waals surface area contributed by atoms with Crippen LogP contribution >= 0.6 is 0 Å². The fraction of sp³-hybridized carbons (Fsp3) is 0.424. The van der Waals surface area contributed by atoms with Crippen LogP contribution in [-0.4, -0.2) is 54.7 Å². The van der Waals surface area contributed by atoms with Crippen molar-refractivity contribution in [1.82, 2.24) is 9.55 Å². The Morgan fingerprint density at radius 1 is 1.05 bits per heavy atom. The van der Waals surface area contributed by atoms with E-state index in [1.54, 1.807) is 52.3 Å². The summed E-state index contributed by atoms with van der Waals surface area (Å²) in [4.78, 5) is 30.9. The number of rotatable bonds is 12. The van der Waals surface area contributed by atoms with Crippen molar-refractivity contribution in [2.45, 2.75) is 59.0 Å². The molecular weight excluding hydrogens is 552 g/mol. The van der Waals surface area contributed by atoms with Crippen LogP contribution in [-0.2, 0) is 39.0 Å². The highest BCUT2D eigenvalue weighted by Gasteiger charge is 2.27. The smallest absolute Gasteiger partial charge is 0.344 e. The fourth-order valence-electron chi connectivity index (χ4n) is 4.81. The van der Waals surface area contributed by atoms with E-state index in [1.165, 1.54) is 7.11 Å². The topological polar surface area (TPSA) is 107 Å². The Balaban J connectivity index is 1.90. The van der Waals surface area contributed by atoms with Crippen molar-refractivity contribution in [3.63, 3.8) is 0 Å². The highest BCUT2D eigenvalue weighted by atomic mass is 16.7. The molecule has 0 amide bonds. The third-order valence-corrected chi connectivity index (χ3v) is 6.87. The molecule has 1 aliphatic heterocycles. The zero-order valence-electron chi connectivity index (χ0n) is 25.9. The number of methoxy groups -OCH3 is 2. The van der Waals surface area contributed by atoms with Crippen LogP contribution in [0.3, 0.4) is 0 Å². The van der Waals surface area contributed by atoms with Gasteiger partial charge in [-0.25, -0.2) is 14.6 Å². The van der Waals surface area contributed by atoms with Crippen LogP contribution in [0.5, 0.6) is 23.0 Å². The zero-order valence-corrected chi connectivity index (χ0v) is 25.9. The molecular formula is C33H40N2O8. The Kier molecular flexibility index (Phi) is 10.0. The average molecular weight is 593 g/mol. The van der Waals surface area contributed by atoms with Gasteiger partial charge in [0.1, 0.15) is 22.9 Å². The average Bonchev–Trinajstić information content (AvgIpc) is 3.59. The SMILES string of the molecule is CCCCc1ncc(/C(=C(\Cc2ccc3c(c2)OCO3)C(=O)OC)c2ccc(OC)cc2OCC(=O)OC(C)(C)C)n1C. The summed E-state index contributed by atoms with van der Waals surface area (Å²) >= 11 is 0. The maximum absolute atomic E-state index is 13.6. The number of aromatic nitrogens is 2. The molecule has 0 spiro atoms. The van der Waals surface area contributed by atoms with Gasteiger partial charge in [0.25, 0.3) is 0 Å². The van der Waals surface area contributed by atoms with Crippen LogP contribution in [0.15, 0.2) is 48.2 Å². The number of carbonyl (C=O) groups excluding carboxylic acids is 2. The van der Waals surface area contributed by atoms with Crippen LogP contribution in [0.4, 0.5) is 0 Å². The van der Waals surface area contributed by atoms with Crippen molar-refractivity contribution in [1.29, 1.82) is 0 Å². The second-order valence-corrected chi connectivity index (χ2v) is 11.2. The summed E-state index contributed by atoms with van der Waals surface area (Å²) in [6.07, 6.45) is 4.73. The predicted molar refractivity (Wildman–Crippen MR) is 160 cm³/mol. The van der Waals surface area contributed by atoms with Crippen LogP contribution in [0.25, 0.3) is 5.57 Å². The summed E-state index contributed by atoms with van der Waals surface area (Å²) in [6.45, 7) is 7.30. The lowest BCUT2D eigenvalue weighted by atomic mass is 9.92. The van der Waals surface area contributed by atoms with E-state index in [0.717, 1.165) is 30.7 Å². The first-order valence-corrected chi connectivity index (χ1v) is 14.3. The maximum atomic E-state index is 13.6. The minimum Gasteiger partial charge on any atom is -0.497 e. The monoisotopic (exact) mass is 592 g/mol. The number of hydrogen-bond acceptors (Lipinski definition) is 9. The van der Waals surface area contributed by atoms with E-state index >= 15 is 0 Å². The molecule has 0 saturated carbocycles. The number of benzene rings is 2. The Labute approximate surface area is 252 Å². The number of nitrogens with zero attached hydrogens (tertiary/aromatic N) is 2. The second kappa shape index (κ2) is 13.7. The molecule has 0 atom stereocenters. The predicted octanol–water partition coefficient (Wildman–Crippen LogP) is 5.44. The largest absolute Gasteiger partial charge is 0.497 e. The molecule has 43 heavy (non-hydrogen) atoms. The first-order chi connectivity index (χ1) is 20.5. The molecule has 0 radical (unpaired) electrons. The molecule has 2 heterocycles. The zero-order chi connectivity index (χ0) is 31.1. The molecule has 0 saturated heterocycles. The lowest BCUT2D eigenvalue weighted by Gasteiger charge is -2.21. The van der Waals surface area contributed by atoms with Gasteiger partial charge < -0.3 is 33.0 Å². The molecule has 2 aromatic carbocycles. The number of esters is 2. The third-order valence-electron chi connectivity index (χ3n) is 6.87. The number of aryl methyl sites for hydroxylation is 1. The first kappa shape index (κ1) is 31.5. The molecule has 0 fully saturated rings. The standard InChI is InChI=1S/C33H40N2O8/c1-8-9-10-29-34-18-25(35(29)5)31(24(32(37)39-7)15-21-11-14-26-28(16-21)42-20-41-26)23-13-12-22(38-6)17-27(23)40-19-30(36)43-33(2,3)4/h11-14,16-18H,8-10,15,19-20H2,1-7H3/b31-24+. The van der Waals surface area contributed by atoms with Gasteiger partial charge in [0.2, 0.25) is 6.79 Å². The van der Waals surface area contributed by atoms with E-state index in [0.29, 0.717) is 45.4 Å². The molecule has 1 aliphatic rings. The number of ether oxygens (including phenoxy) is 6. The Bertz CT molecular complexity index is 1500. The summed E-state index contributed by atoms with van der Waals surface area (Å²) in [5.74, 6) is 1.95. The lowest BCUT2D eigenvalue weighted by molar-refractivity contribution is -0.157. The normalized spacial score (nSPS) is 12.9. The highest BCUT2D eigenvalue weighted by Crippen LogP contribution is 2.39. The van der Waals surface area contributed by atoms with Gasteiger partial charge in [-0.2, -0.15) is 0 Å². The highest BCUT2D eigenvalue weighted by molar-refractivity contribution is 6.02. The van der Waals surface area contributed by atoms with E-state index in [4.69, 9.17) is 33.4 Å². The minimum atomic E-state index is -0.672. The van der Waals surface area contributed by atoms with Crippen molar-refractivity contribution < 1.29 is 38.0 Å². The number of hydrogen-bond donors (Lipinski definition) is 0. The van der Waals surface area contributed by atoms with E-state index in [9.17, 15) is 9.59 Å². The Morgan fingerprint density at radius 3 is 2.51 bits per heavy atom. The molecule has 0 unspecified atom stereocenters. The van der Waals surface area contributed by atoms with E-state index in [1.807, 2.05) is 29.8 Å². The molecule has 4 rings (SSSR count). The van der Waals surface area contributed by atoms with Crippen molar-refractivity contribution in [3.8, 4) is 23.0 Å². The summed E-state index contributed by atoms with van der Waals surface area (Å²) in [7, 11) is 4.82. The van der Waals surface area contributed by atoms with Crippen molar-refractivity contribution in [2.24, 2.45) is 7.05 Å². The lowest BCUT2D eigenvalue weighted by Crippen LogP contribution is -2.27. The van der Waals surface area contributed by atoms with E-state index < -0.39 is 17.5 Å². The molecule has 10 nitrogen and oxygen atoms in total. The number of carbonyl (C=O) groups is 2. The molecule has 1 aromatic heterocycles. The van der Waals surface area contributed by atoms with Crippen LogP contribution in [0.2, 0.25) is 0 Å². The number of imidazole rings is 1. The minimum absolute atomic E-state index is 0.142. The third kappa shape index (κ3) is 7.68. The second-order valence-electron chi connectivity index (χ2n) is 11.2. The van der Waals surface area contributed by atoms with Crippen LogP contribution in [0.1, 0.15) is 63.2 Å². The van der Waals surface area contributed by atoms with Gasteiger partial charge in [-0.15, -0.1) is 0 Å². The van der Waals surface area contributed by atoms with Crippen molar-refractivity contribution in [2.75, 3.05) is 27.6 Å². The van der Waals surface area contributed by atoms with Crippen molar-refractivity contribution >= 4 is 17.5 Å². The molecule has 0 bridgehead atoms. The Hall–Kier alpha value is -4.47. The van der Waals surface area contributed by atoms with Crippen LogP contribution < -0.4 is 18.9 Å². The van der Waals surface area contributed by atoms with Gasteiger partial charge in [-0.1, -0.05) is 19.4 Å². The summed E-state index contributed by atoms with van der Waals surface area (Å²) in [6, 6.07) is 10.8. The summed E-state index contributed by atoms with van der Waals surface area (Å²) < 4.78 is 35.4. The molecule has 0 N–H and O–H groups in total. The van der Waals surface area contributed by atoms with Crippen molar-refractivity contribution in [3.05, 3.63) is 70.8 Å². The van der Waals surface area contributed by atoms with Gasteiger partial charge in [-0.3, -0.25) is 0 Å². The summed E-state index contributed by atoms with van der Waals surface area (Å²) in [5.41, 5.74) is 2.34. The maximum Gasteiger partial charge on any atom is 0.344 e. The van der Waals surface area contributed by atoms with Crippen LogP contribution in [0, 0.1) is 0 Å². The van der Waals surface area contributed by atoms with E-state index in [-0.39, 0.29) is 19.8 Å². The molecule has 0 aliphatic carbocycles. The Morgan fingerprint density at radius 2 is 1.81 bits per heavy atom. The number of fused-ring (bicyclic) bond motifs is 1. The van der Waals surface area contributed by atoms with Gasteiger partial charge >= 0.3 is 11.9 Å². The molecule has 3 aromatic rings. The van der Waals surface area contributed by atoms with Gasteiger partial charge in [0, 0.05) is 37.1 Å². The van der Waals surface area contributed by atoms with Gasteiger partial charge in [0.05, 0.1) is 31.7 Å². The molecule has 10 heteroatoms. The van der Waals surface area contributed by atoms with Gasteiger partial charge in [0.15, 0.2) is 18.1 Å². The van der Waals surface area contributed by atoms with E-state index in [2.05, 4.69) is 6.92 Å². The van der Waals surface area contributed by atoms with Gasteiger partial charge in [-0.05, 0) is 57.0 Å². The molecule has 230 valence electrons.